The number of hydrogen-bond donors (Lipinski definition) is 0. The number of rotatable bonds is 9. The lowest BCUT2D eigenvalue weighted by molar-refractivity contribution is -0.123. The van der Waals surface area contributed by atoms with Crippen molar-refractivity contribution in [3.8, 4) is 5.75 Å². The average Bonchev–Trinajstić information content (AvgIpc) is 2.90. The van der Waals surface area contributed by atoms with Crippen molar-refractivity contribution in [3.63, 3.8) is 0 Å². The number of pyridine rings is 1. The van der Waals surface area contributed by atoms with Gasteiger partial charge in [-0.3, -0.25) is 14.1 Å². The van der Waals surface area contributed by atoms with Gasteiger partial charge >= 0.3 is 5.97 Å². The highest BCUT2D eigenvalue weighted by Crippen LogP contribution is 2.34. The van der Waals surface area contributed by atoms with Gasteiger partial charge in [-0.2, -0.15) is 0 Å². The molecule has 0 aliphatic carbocycles. The molecule has 0 N–H and O–H groups in total. The van der Waals surface area contributed by atoms with Gasteiger partial charge in [0.15, 0.2) is 0 Å². The molecule has 9 nitrogen and oxygen atoms in total. The summed E-state index contributed by atoms with van der Waals surface area (Å²) in [5, 5.41) is 0. The number of nitrogens with zero attached hydrogens (tertiary/aromatic N) is 3. The van der Waals surface area contributed by atoms with Crippen LogP contribution in [0.25, 0.3) is 6.08 Å². The van der Waals surface area contributed by atoms with E-state index in [0.29, 0.717) is 22.4 Å². The number of sulfonamides is 1. The molecular weight excluding hydrogens is 494 g/mol. The first-order valence-electron chi connectivity index (χ1n) is 11.3. The molecule has 3 rings (SSSR count). The maximum Gasteiger partial charge on any atom is 0.340 e. The first-order valence-corrected chi connectivity index (χ1v) is 12.7. The van der Waals surface area contributed by atoms with Crippen LogP contribution in [0, 0.1) is 6.92 Å². The maximum atomic E-state index is 14.0. The van der Waals surface area contributed by atoms with Crippen molar-refractivity contribution >= 4 is 33.7 Å². The van der Waals surface area contributed by atoms with Crippen LogP contribution in [0.4, 0.5) is 5.69 Å². The van der Waals surface area contributed by atoms with Gasteiger partial charge in [0, 0.05) is 32.6 Å². The van der Waals surface area contributed by atoms with E-state index in [-0.39, 0.29) is 28.6 Å². The topological polar surface area (TPSA) is 106 Å². The van der Waals surface area contributed by atoms with Crippen molar-refractivity contribution in [2.24, 2.45) is 0 Å². The minimum atomic E-state index is -4.15. The Morgan fingerprint density at radius 2 is 1.76 bits per heavy atom. The lowest BCUT2D eigenvalue weighted by Crippen LogP contribution is -2.33. The lowest BCUT2D eigenvalue weighted by atomic mass is 10.0. The van der Waals surface area contributed by atoms with Crippen molar-refractivity contribution in [1.29, 1.82) is 0 Å². The fourth-order valence-corrected chi connectivity index (χ4v) is 5.17. The monoisotopic (exact) mass is 523 g/mol. The second kappa shape index (κ2) is 11.7. The van der Waals surface area contributed by atoms with Crippen molar-refractivity contribution in [2.45, 2.75) is 18.4 Å². The molecule has 1 heterocycles. The molecule has 0 aliphatic rings. The molecule has 0 radical (unpaired) electrons. The third-order valence-electron chi connectivity index (χ3n) is 5.53. The summed E-state index contributed by atoms with van der Waals surface area (Å²) in [7, 11) is 1.82. The fourth-order valence-electron chi connectivity index (χ4n) is 3.63. The summed E-state index contributed by atoms with van der Waals surface area (Å²) < 4.78 is 39.3. The highest BCUT2D eigenvalue weighted by Gasteiger charge is 2.31. The quantitative estimate of drug-likeness (QED) is 0.311. The summed E-state index contributed by atoms with van der Waals surface area (Å²) in [5.41, 5.74) is 1.87. The Bertz CT molecular complexity index is 1400. The predicted molar refractivity (Wildman–Crippen MR) is 141 cm³/mol. The number of methoxy groups -OCH3 is 2. The number of aryl methyl sites for hydroxylation is 1. The normalized spacial score (nSPS) is 11.3. The average molecular weight is 524 g/mol. The highest BCUT2D eigenvalue weighted by molar-refractivity contribution is 7.92. The lowest BCUT2D eigenvalue weighted by Gasteiger charge is -2.28. The minimum Gasteiger partial charge on any atom is -0.497 e. The van der Waals surface area contributed by atoms with Crippen molar-refractivity contribution < 1.29 is 27.5 Å². The van der Waals surface area contributed by atoms with Crippen LogP contribution in [-0.2, 0) is 26.1 Å². The van der Waals surface area contributed by atoms with Gasteiger partial charge in [-0.25, -0.2) is 13.2 Å². The molecule has 0 saturated heterocycles. The number of amides is 1. The minimum absolute atomic E-state index is 0.0213. The summed E-state index contributed by atoms with van der Waals surface area (Å²) in [6.45, 7) is 1.62. The van der Waals surface area contributed by atoms with Crippen LogP contribution in [0.5, 0.6) is 5.75 Å². The molecule has 1 aromatic heterocycles. The van der Waals surface area contributed by atoms with E-state index < -0.39 is 16.0 Å². The number of carbonyl (C=O) groups excluding carboxylic acids is 2. The number of benzene rings is 2. The zero-order chi connectivity index (χ0) is 27.2. The van der Waals surface area contributed by atoms with E-state index in [0.717, 1.165) is 0 Å². The zero-order valence-electron chi connectivity index (χ0n) is 21.3. The van der Waals surface area contributed by atoms with Gasteiger partial charge in [-0.1, -0.05) is 6.07 Å². The number of esters is 1. The highest BCUT2D eigenvalue weighted by atomic mass is 32.2. The number of ether oxygens (including phenoxy) is 2. The molecule has 0 atom stereocenters. The Morgan fingerprint density at radius 3 is 2.32 bits per heavy atom. The maximum absolute atomic E-state index is 14.0. The van der Waals surface area contributed by atoms with Gasteiger partial charge in [0.25, 0.3) is 10.0 Å². The van der Waals surface area contributed by atoms with Crippen LogP contribution < -0.4 is 9.04 Å². The van der Waals surface area contributed by atoms with Crippen LogP contribution in [0.15, 0.2) is 71.9 Å². The van der Waals surface area contributed by atoms with Gasteiger partial charge in [0.2, 0.25) is 5.91 Å². The molecule has 0 bridgehead atoms. The van der Waals surface area contributed by atoms with E-state index >= 15 is 0 Å². The Morgan fingerprint density at radius 1 is 1.05 bits per heavy atom. The third-order valence-corrected chi connectivity index (χ3v) is 7.29. The summed E-state index contributed by atoms with van der Waals surface area (Å²) in [5.74, 6) is -0.442. The van der Waals surface area contributed by atoms with Gasteiger partial charge in [-0.05, 0) is 72.2 Å². The van der Waals surface area contributed by atoms with E-state index in [1.165, 1.54) is 47.7 Å². The number of likely N-dealkylation sites (N-methyl/N-ethyl adjacent to an activating group) is 1. The number of aromatic nitrogens is 1. The van der Waals surface area contributed by atoms with E-state index in [1.807, 2.05) is 0 Å². The van der Waals surface area contributed by atoms with Gasteiger partial charge < -0.3 is 14.4 Å². The molecule has 0 fully saturated rings. The first-order chi connectivity index (χ1) is 17.6. The standard InChI is InChI=1S/C27H29N3O6S/c1-19-15-20(8-13-25(31)29(2)3)16-24(27(32)36-5)26(19)30(18-21-7-6-14-28-17-21)37(33,34)23-11-9-22(35-4)10-12-23/h6-17H,18H2,1-5H3. The summed E-state index contributed by atoms with van der Waals surface area (Å²) in [4.78, 5) is 30.5. The Kier molecular flexibility index (Phi) is 8.67. The second-order valence-corrected chi connectivity index (χ2v) is 10.2. The number of hydrogen-bond acceptors (Lipinski definition) is 7. The summed E-state index contributed by atoms with van der Waals surface area (Å²) in [6, 6.07) is 12.7. The summed E-state index contributed by atoms with van der Waals surface area (Å²) >= 11 is 0. The van der Waals surface area contributed by atoms with Crippen LogP contribution in [-0.4, -0.2) is 58.5 Å². The van der Waals surface area contributed by atoms with Crippen LogP contribution in [0.1, 0.15) is 27.0 Å². The molecule has 10 heteroatoms. The van der Waals surface area contributed by atoms with Gasteiger partial charge in [-0.15, -0.1) is 0 Å². The molecular formula is C27H29N3O6S. The van der Waals surface area contributed by atoms with Crippen LogP contribution in [0.2, 0.25) is 0 Å². The van der Waals surface area contributed by atoms with Crippen molar-refractivity contribution in [3.05, 3.63) is 89.3 Å². The second-order valence-electron chi connectivity index (χ2n) is 8.34. The van der Waals surface area contributed by atoms with Crippen LogP contribution >= 0.6 is 0 Å². The van der Waals surface area contributed by atoms with E-state index in [1.54, 1.807) is 69.8 Å². The van der Waals surface area contributed by atoms with Gasteiger partial charge in [0.1, 0.15) is 5.75 Å². The van der Waals surface area contributed by atoms with Gasteiger partial charge in [0.05, 0.1) is 36.9 Å². The first kappa shape index (κ1) is 27.4. The Balaban J connectivity index is 2.23. The molecule has 2 aromatic carbocycles. The molecule has 3 aromatic rings. The predicted octanol–water partition coefficient (Wildman–Crippen LogP) is 3.68. The smallest absolute Gasteiger partial charge is 0.340 e. The zero-order valence-corrected chi connectivity index (χ0v) is 22.2. The van der Waals surface area contributed by atoms with Crippen molar-refractivity contribution in [1.82, 2.24) is 9.88 Å². The molecule has 0 aliphatic heterocycles. The van der Waals surface area contributed by atoms with Crippen molar-refractivity contribution in [2.75, 3.05) is 32.6 Å². The largest absolute Gasteiger partial charge is 0.497 e. The molecule has 0 spiro atoms. The number of carbonyl (C=O) groups is 2. The third kappa shape index (κ3) is 6.34. The van der Waals surface area contributed by atoms with Crippen LogP contribution in [0.3, 0.4) is 0 Å². The fraction of sp³-hybridized carbons (Fsp3) is 0.222. The summed E-state index contributed by atoms with van der Waals surface area (Å²) in [6.07, 6.45) is 6.09. The molecule has 0 saturated carbocycles. The molecule has 37 heavy (non-hydrogen) atoms. The Labute approximate surface area is 217 Å². The van der Waals surface area contributed by atoms with E-state index in [2.05, 4.69) is 4.98 Å². The SMILES string of the molecule is COC(=O)c1cc(C=CC(=O)N(C)C)cc(C)c1N(Cc1cccnc1)S(=O)(=O)c1ccc(OC)cc1. The number of anilines is 1. The molecule has 194 valence electrons. The van der Waals surface area contributed by atoms with E-state index in [4.69, 9.17) is 9.47 Å². The van der Waals surface area contributed by atoms with E-state index in [9.17, 15) is 18.0 Å². The Hall–Kier alpha value is -4.18. The molecule has 1 amide bonds. The molecule has 0 unspecified atom stereocenters.